The summed E-state index contributed by atoms with van der Waals surface area (Å²) in [6.07, 6.45) is 41.5. The number of ether oxygens (including phenoxy) is 2. The Labute approximate surface area is 317 Å². The predicted molar refractivity (Wildman–Crippen MR) is 213 cm³/mol. The average molecular weight is 755 g/mol. The zero-order chi connectivity index (χ0) is 38.4. The number of unbranched alkanes of at least 4 members (excludes halogenated alkanes) is 19. The molecule has 0 aromatic rings. The number of aliphatic hydroxyl groups is 1. The molecule has 10 heteroatoms. The first-order valence-corrected chi connectivity index (χ1v) is 22.1. The van der Waals surface area contributed by atoms with Gasteiger partial charge in [0.25, 0.3) is 0 Å². The number of rotatable bonds is 37. The van der Waals surface area contributed by atoms with E-state index in [1.165, 1.54) is 96.3 Å². The first-order chi connectivity index (χ1) is 25.2. The number of hydrogen-bond acceptors (Lipinski definition) is 7. The zero-order valence-corrected chi connectivity index (χ0v) is 33.7. The summed E-state index contributed by atoms with van der Waals surface area (Å²) >= 11 is 0. The Kier molecular flexibility index (Phi) is 35.8. The maximum absolute atomic E-state index is 12.4. The van der Waals surface area contributed by atoms with Gasteiger partial charge in [-0.2, -0.15) is 0 Å². The smallest absolute Gasteiger partial charge is 0.462 e. The zero-order valence-electron chi connectivity index (χ0n) is 32.8. The van der Waals surface area contributed by atoms with Crippen molar-refractivity contribution in [2.24, 2.45) is 0 Å². The van der Waals surface area contributed by atoms with Gasteiger partial charge in [0.2, 0.25) is 0 Å². The second-order valence-electron chi connectivity index (χ2n) is 13.8. The van der Waals surface area contributed by atoms with Crippen LogP contribution in [-0.4, -0.2) is 52.3 Å². The molecule has 0 aromatic carbocycles. The Balaban J connectivity index is 4.08. The molecule has 0 spiro atoms. The van der Waals surface area contributed by atoms with Crippen LogP contribution < -0.4 is 0 Å². The van der Waals surface area contributed by atoms with Crippen LogP contribution in [0.1, 0.15) is 181 Å². The summed E-state index contributed by atoms with van der Waals surface area (Å²) in [6.45, 7) is 3.54. The van der Waals surface area contributed by atoms with Crippen LogP contribution in [0.2, 0.25) is 0 Å². The lowest BCUT2D eigenvalue weighted by molar-refractivity contribution is -0.161. The molecule has 0 saturated heterocycles. The second kappa shape index (κ2) is 37.3. The fourth-order valence-electron chi connectivity index (χ4n) is 5.57. The van der Waals surface area contributed by atoms with Crippen molar-refractivity contribution in [1.82, 2.24) is 0 Å². The molecular formula is C42H75O9P. The summed E-state index contributed by atoms with van der Waals surface area (Å²) in [5.41, 5.74) is 0. The highest BCUT2D eigenvalue weighted by Crippen LogP contribution is 2.36. The minimum Gasteiger partial charge on any atom is -0.462 e. The summed E-state index contributed by atoms with van der Waals surface area (Å²) in [4.78, 5) is 42.8. The molecule has 0 saturated carbocycles. The van der Waals surface area contributed by atoms with E-state index in [1.807, 2.05) is 36.5 Å². The SMILES string of the molecule is CCCCC/C=C\C[C@@H](O)/C=C/C=C\C/C=C\CCCC(=O)OC[C@H](COP(=O)(O)O)OC(=O)CCCCCCCCCCCCCCCCCC. The van der Waals surface area contributed by atoms with Gasteiger partial charge in [-0.05, 0) is 44.9 Å². The Morgan fingerprint density at radius 1 is 0.596 bits per heavy atom. The normalized spacial score (nSPS) is 13.6. The van der Waals surface area contributed by atoms with Gasteiger partial charge < -0.3 is 24.4 Å². The quantitative estimate of drug-likeness (QED) is 0.0186. The molecule has 302 valence electrons. The molecule has 0 aromatic heterocycles. The number of aliphatic hydroxyl groups excluding tert-OH is 1. The molecule has 0 unspecified atom stereocenters. The van der Waals surface area contributed by atoms with Crippen molar-refractivity contribution < 1.29 is 43.0 Å². The number of allylic oxidation sites excluding steroid dienone is 6. The molecule has 0 radical (unpaired) electrons. The Hall–Kier alpha value is -2.03. The topological polar surface area (TPSA) is 140 Å². The molecule has 9 nitrogen and oxygen atoms in total. The van der Waals surface area contributed by atoms with E-state index >= 15 is 0 Å². The maximum Gasteiger partial charge on any atom is 0.469 e. The molecule has 0 fully saturated rings. The fourth-order valence-corrected chi connectivity index (χ4v) is 5.93. The van der Waals surface area contributed by atoms with E-state index in [0.29, 0.717) is 25.7 Å². The third kappa shape index (κ3) is 39.2. The number of carbonyl (C=O) groups excluding carboxylic acids is 2. The van der Waals surface area contributed by atoms with Crippen molar-refractivity contribution >= 4 is 19.8 Å². The van der Waals surface area contributed by atoms with E-state index < -0.39 is 38.6 Å². The van der Waals surface area contributed by atoms with Crippen molar-refractivity contribution in [2.45, 2.75) is 193 Å². The van der Waals surface area contributed by atoms with Crippen LogP contribution in [0.4, 0.5) is 0 Å². The minimum absolute atomic E-state index is 0.160. The van der Waals surface area contributed by atoms with Crippen LogP contribution in [0.5, 0.6) is 0 Å². The van der Waals surface area contributed by atoms with Crippen LogP contribution >= 0.6 is 7.82 Å². The van der Waals surface area contributed by atoms with Gasteiger partial charge in [0.1, 0.15) is 6.61 Å². The van der Waals surface area contributed by atoms with Gasteiger partial charge in [-0.25, -0.2) is 4.57 Å². The van der Waals surface area contributed by atoms with Gasteiger partial charge in [-0.15, -0.1) is 0 Å². The van der Waals surface area contributed by atoms with Gasteiger partial charge in [0, 0.05) is 12.8 Å². The first-order valence-electron chi connectivity index (χ1n) is 20.5. The highest BCUT2D eigenvalue weighted by atomic mass is 31.2. The summed E-state index contributed by atoms with van der Waals surface area (Å²) < 4.78 is 26.3. The first kappa shape index (κ1) is 50.0. The molecule has 0 bridgehead atoms. The average Bonchev–Trinajstić information content (AvgIpc) is 3.11. The summed E-state index contributed by atoms with van der Waals surface area (Å²) in [5.74, 6) is -0.986. The molecule has 0 aliphatic carbocycles. The van der Waals surface area contributed by atoms with Gasteiger partial charge in [-0.1, -0.05) is 172 Å². The molecule has 52 heavy (non-hydrogen) atoms. The monoisotopic (exact) mass is 755 g/mol. The van der Waals surface area contributed by atoms with Crippen molar-refractivity contribution in [2.75, 3.05) is 13.2 Å². The number of hydrogen-bond donors (Lipinski definition) is 3. The van der Waals surface area contributed by atoms with Crippen LogP contribution in [0.25, 0.3) is 0 Å². The molecule has 0 aliphatic heterocycles. The largest absolute Gasteiger partial charge is 0.469 e. The lowest BCUT2D eigenvalue weighted by atomic mass is 10.0. The van der Waals surface area contributed by atoms with E-state index in [0.717, 1.165) is 32.1 Å². The van der Waals surface area contributed by atoms with Crippen LogP contribution in [-0.2, 0) is 28.2 Å². The molecule has 2 atom stereocenters. The van der Waals surface area contributed by atoms with Crippen molar-refractivity contribution in [3.63, 3.8) is 0 Å². The van der Waals surface area contributed by atoms with E-state index in [4.69, 9.17) is 19.3 Å². The number of esters is 2. The lowest BCUT2D eigenvalue weighted by Crippen LogP contribution is -2.29. The number of carbonyl (C=O) groups is 2. The van der Waals surface area contributed by atoms with Gasteiger partial charge in [0.15, 0.2) is 6.10 Å². The standard InChI is InChI=1S/C42H75O9P/c1-3-5-7-9-11-12-13-14-15-16-17-18-19-24-28-32-36-42(45)51-40(38-50-52(46,47)48)37-49-41(44)35-31-27-23-21-20-22-26-30-34-39(43)33-29-25-10-8-6-4-2/h21-23,25-26,29-30,34,39-40,43H,3-20,24,27-28,31-33,35-38H2,1-2H3,(H2,46,47,48)/b23-21-,26-22-,29-25-,34-30+/t39-,40-/m1/s1. The Morgan fingerprint density at radius 2 is 1.12 bits per heavy atom. The van der Waals surface area contributed by atoms with Crippen LogP contribution in [0.15, 0.2) is 48.6 Å². The van der Waals surface area contributed by atoms with Crippen molar-refractivity contribution in [3.8, 4) is 0 Å². The van der Waals surface area contributed by atoms with E-state index in [9.17, 15) is 19.3 Å². The van der Waals surface area contributed by atoms with Gasteiger partial charge >= 0.3 is 19.8 Å². The summed E-state index contributed by atoms with van der Waals surface area (Å²) in [7, 11) is -4.78. The third-order valence-corrected chi connectivity index (χ3v) is 9.17. The predicted octanol–water partition coefficient (Wildman–Crippen LogP) is 11.3. The fraction of sp³-hybridized carbons (Fsp3) is 0.762. The van der Waals surface area contributed by atoms with E-state index in [-0.39, 0.29) is 19.4 Å². The molecule has 0 aliphatic rings. The maximum atomic E-state index is 12.4. The van der Waals surface area contributed by atoms with Gasteiger partial charge in [-0.3, -0.25) is 14.1 Å². The molecule has 0 rings (SSSR count). The van der Waals surface area contributed by atoms with E-state index in [2.05, 4.69) is 24.4 Å². The van der Waals surface area contributed by atoms with Crippen molar-refractivity contribution in [1.29, 1.82) is 0 Å². The summed E-state index contributed by atoms with van der Waals surface area (Å²) in [5, 5.41) is 9.99. The molecule has 0 heterocycles. The third-order valence-electron chi connectivity index (χ3n) is 8.68. The highest BCUT2D eigenvalue weighted by Gasteiger charge is 2.22. The second-order valence-corrected chi connectivity index (χ2v) is 15.1. The number of phosphoric ester groups is 1. The van der Waals surface area contributed by atoms with Crippen molar-refractivity contribution in [3.05, 3.63) is 48.6 Å². The lowest BCUT2D eigenvalue weighted by Gasteiger charge is -2.18. The molecular weight excluding hydrogens is 679 g/mol. The molecule has 3 N–H and O–H groups in total. The minimum atomic E-state index is -4.78. The summed E-state index contributed by atoms with van der Waals surface area (Å²) in [6, 6.07) is 0. The Bertz CT molecular complexity index is 1000. The number of phosphoric acid groups is 1. The van der Waals surface area contributed by atoms with Crippen LogP contribution in [0.3, 0.4) is 0 Å². The highest BCUT2D eigenvalue weighted by molar-refractivity contribution is 7.46. The van der Waals surface area contributed by atoms with E-state index in [1.54, 1.807) is 6.08 Å². The van der Waals surface area contributed by atoms with Crippen LogP contribution in [0, 0.1) is 0 Å². The molecule has 0 amide bonds. The Morgan fingerprint density at radius 3 is 1.71 bits per heavy atom. The van der Waals surface area contributed by atoms with Gasteiger partial charge in [0.05, 0.1) is 12.7 Å².